The molecule has 0 amide bonds. The molecule has 0 aliphatic heterocycles. The van der Waals surface area contributed by atoms with Crippen LogP contribution in [0.1, 0.15) is 25.0 Å². The van der Waals surface area contributed by atoms with Crippen molar-refractivity contribution < 1.29 is 22.7 Å². The highest BCUT2D eigenvalue weighted by Crippen LogP contribution is 2.43. The lowest BCUT2D eigenvalue weighted by molar-refractivity contribution is -0.269. The molecule has 1 aromatic carbocycles. The van der Waals surface area contributed by atoms with Crippen LogP contribution in [0.15, 0.2) is 24.3 Å². The predicted molar refractivity (Wildman–Crippen MR) is 56.4 cm³/mol. The van der Waals surface area contributed by atoms with Gasteiger partial charge in [0.2, 0.25) is 5.60 Å². The van der Waals surface area contributed by atoms with Gasteiger partial charge in [0.1, 0.15) is 0 Å². The zero-order valence-electron chi connectivity index (χ0n) is 9.76. The maximum atomic E-state index is 13.1. The molecule has 0 spiro atoms. The minimum Gasteiger partial charge on any atom is -0.445 e. The molecule has 0 aliphatic rings. The monoisotopic (exact) mass is 246 g/mol. The van der Waals surface area contributed by atoms with E-state index in [0.717, 1.165) is 13.8 Å². The third kappa shape index (κ3) is 2.60. The van der Waals surface area contributed by atoms with Gasteiger partial charge >= 0.3 is 12.1 Å². The van der Waals surface area contributed by atoms with Gasteiger partial charge in [-0.25, -0.2) is 0 Å². The first-order chi connectivity index (χ1) is 7.68. The SMILES string of the molecule is CC(=O)OC(C)(c1ccccc1C)C(F)(F)F. The zero-order chi connectivity index (χ0) is 13.3. The molecular weight excluding hydrogens is 233 g/mol. The summed E-state index contributed by atoms with van der Waals surface area (Å²) >= 11 is 0. The van der Waals surface area contributed by atoms with E-state index in [1.165, 1.54) is 12.1 Å². The second-order valence-corrected chi connectivity index (χ2v) is 3.94. The summed E-state index contributed by atoms with van der Waals surface area (Å²) in [6, 6.07) is 5.97. The molecule has 2 nitrogen and oxygen atoms in total. The standard InChI is InChI=1S/C12H13F3O2/c1-8-6-4-5-7-10(8)11(3,12(13,14)15)17-9(2)16/h4-7H,1-3H3. The Bertz CT molecular complexity index is 426. The number of ether oxygens (including phenoxy) is 1. The molecule has 17 heavy (non-hydrogen) atoms. The van der Waals surface area contributed by atoms with Gasteiger partial charge in [-0.3, -0.25) is 4.79 Å². The van der Waals surface area contributed by atoms with Gasteiger partial charge in [0.15, 0.2) is 0 Å². The smallest absolute Gasteiger partial charge is 0.432 e. The van der Waals surface area contributed by atoms with Gasteiger partial charge in [-0.15, -0.1) is 0 Å². The number of benzene rings is 1. The van der Waals surface area contributed by atoms with Gasteiger partial charge in [-0.05, 0) is 19.4 Å². The first-order valence-electron chi connectivity index (χ1n) is 5.01. The minimum absolute atomic E-state index is 0.0531. The molecule has 1 rings (SSSR count). The Balaban J connectivity index is 3.35. The van der Waals surface area contributed by atoms with Crippen LogP contribution in [0, 0.1) is 6.92 Å². The molecule has 0 aromatic heterocycles. The van der Waals surface area contributed by atoms with Crippen LogP contribution >= 0.6 is 0 Å². The Morgan fingerprint density at radius 2 is 1.76 bits per heavy atom. The molecule has 0 N–H and O–H groups in total. The van der Waals surface area contributed by atoms with Crippen LogP contribution in [0.25, 0.3) is 0 Å². The number of hydrogen-bond donors (Lipinski definition) is 0. The van der Waals surface area contributed by atoms with Crippen molar-refractivity contribution in [2.75, 3.05) is 0 Å². The fraction of sp³-hybridized carbons (Fsp3) is 0.417. The Hall–Kier alpha value is -1.52. The molecule has 0 radical (unpaired) electrons. The number of aryl methyl sites for hydroxylation is 1. The molecule has 94 valence electrons. The fourth-order valence-corrected chi connectivity index (χ4v) is 1.66. The van der Waals surface area contributed by atoms with Crippen LogP contribution in [0.4, 0.5) is 13.2 Å². The maximum absolute atomic E-state index is 13.1. The molecule has 0 saturated heterocycles. The summed E-state index contributed by atoms with van der Waals surface area (Å²) in [6.45, 7) is 3.36. The quantitative estimate of drug-likeness (QED) is 0.748. The van der Waals surface area contributed by atoms with Crippen molar-refractivity contribution in [3.05, 3.63) is 35.4 Å². The van der Waals surface area contributed by atoms with E-state index in [-0.39, 0.29) is 5.56 Å². The van der Waals surface area contributed by atoms with Crippen molar-refractivity contribution in [1.82, 2.24) is 0 Å². The zero-order valence-corrected chi connectivity index (χ0v) is 9.76. The van der Waals surface area contributed by atoms with E-state index in [0.29, 0.717) is 5.56 Å². The molecule has 1 unspecified atom stereocenters. The van der Waals surface area contributed by atoms with Crippen LogP contribution in [0.2, 0.25) is 0 Å². The molecule has 0 heterocycles. The van der Waals surface area contributed by atoms with Crippen LogP contribution in [0.3, 0.4) is 0 Å². The van der Waals surface area contributed by atoms with Crippen molar-refractivity contribution in [2.45, 2.75) is 32.5 Å². The summed E-state index contributed by atoms with van der Waals surface area (Å²) in [5.41, 5.74) is -2.24. The number of hydrogen-bond acceptors (Lipinski definition) is 2. The first-order valence-corrected chi connectivity index (χ1v) is 5.01. The normalized spacial score (nSPS) is 15.2. The van der Waals surface area contributed by atoms with Crippen molar-refractivity contribution in [3.8, 4) is 0 Å². The first kappa shape index (κ1) is 13.5. The number of halogens is 3. The van der Waals surface area contributed by atoms with Gasteiger partial charge in [0.05, 0.1) is 0 Å². The average molecular weight is 246 g/mol. The lowest BCUT2D eigenvalue weighted by Gasteiger charge is -2.32. The highest BCUT2D eigenvalue weighted by molar-refractivity contribution is 5.67. The predicted octanol–water partition coefficient (Wildman–Crippen LogP) is 3.34. The summed E-state index contributed by atoms with van der Waals surface area (Å²) < 4.78 is 43.7. The minimum atomic E-state index is -4.66. The molecule has 0 saturated carbocycles. The van der Waals surface area contributed by atoms with E-state index in [4.69, 9.17) is 0 Å². The van der Waals surface area contributed by atoms with Crippen molar-refractivity contribution in [1.29, 1.82) is 0 Å². The fourth-order valence-electron chi connectivity index (χ4n) is 1.66. The second-order valence-electron chi connectivity index (χ2n) is 3.94. The number of carbonyl (C=O) groups excluding carboxylic acids is 1. The van der Waals surface area contributed by atoms with Crippen LogP contribution in [0.5, 0.6) is 0 Å². The Morgan fingerprint density at radius 3 is 2.18 bits per heavy atom. The summed E-state index contributed by atoms with van der Waals surface area (Å²) in [6.07, 6.45) is -4.66. The van der Waals surface area contributed by atoms with Crippen molar-refractivity contribution in [2.24, 2.45) is 0 Å². The molecule has 0 bridgehead atoms. The molecular formula is C12H13F3O2. The Kier molecular flexibility index (Phi) is 3.50. The lowest BCUT2D eigenvalue weighted by Crippen LogP contribution is -2.43. The lowest BCUT2D eigenvalue weighted by atomic mass is 9.91. The summed E-state index contributed by atoms with van der Waals surface area (Å²) in [4.78, 5) is 10.9. The van der Waals surface area contributed by atoms with Crippen LogP contribution in [-0.4, -0.2) is 12.1 Å². The molecule has 1 atom stereocenters. The van der Waals surface area contributed by atoms with E-state index >= 15 is 0 Å². The topological polar surface area (TPSA) is 26.3 Å². The number of carbonyl (C=O) groups is 1. The van der Waals surface area contributed by atoms with E-state index in [9.17, 15) is 18.0 Å². The third-order valence-corrected chi connectivity index (χ3v) is 2.55. The van der Waals surface area contributed by atoms with E-state index < -0.39 is 17.7 Å². The third-order valence-electron chi connectivity index (χ3n) is 2.55. The van der Waals surface area contributed by atoms with E-state index in [1.54, 1.807) is 19.1 Å². The molecule has 1 aromatic rings. The Labute approximate surface area is 97.4 Å². The highest BCUT2D eigenvalue weighted by atomic mass is 19.4. The van der Waals surface area contributed by atoms with Gasteiger partial charge in [0, 0.05) is 12.5 Å². The van der Waals surface area contributed by atoms with Gasteiger partial charge in [-0.1, -0.05) is 24.3 Å². The summed E-state index contributed by atoms with van der Waals surface area (Å²) in [5.74, 6) is -0.965. The Morgan fingerprint density at radius 1 is 1.24 bits per heavy atom. The van der Waals surface area contributed by atoms with Crippen LogP contribution in [-0.2, 0) is 15.1 Å². The number of esters is 1. The number of alkyl halides is 3. The van der Waals surface area contributed by atoms with Crippen LogP contribution < -0.4 is 0 Å². The number of rotatable bonds is 2. The maximum Gasteiger partial charge on any atom is 0.432 e. The molecule has 5 heteroatoms. The van der Waals surface area contributed by atoms with Crippen molar-refractivity contribution in [3.63, 3.8) is 0 Å². The van der Waals surface area contributed by atoms with Crippen molar-refractivity contribution >= 4 is 5.97 Å². The largest absolute Gasteiger partial charge is 0.445 e. The summed E-state index contributed by atoms with van der Waals surface area (Å²) in [7, 11) is 0. The summed E-state index contributed by atoms with van der Waals surface area (Å²) in [5, 5.41) is 0. The second kappa shape index (κ2) is 4.39. The molecule has 0 fully saturated rings. The van der Waals surface area contributed by atoms with Gasteiger partial charge in [-0.2, -0.15) is 13.2 Å². The van der Waals surface area contributed by atoms with Gasteiger partial charge < -0.3 is 4.74 Å². The molecule has 0 aliphatic carbocycles. The van der Waals surface area contributed by atoms with E-state index in [2.05, 4.69) is 4.74 Å². The van der Waals surface area contributed by atoms with Gasteiger partial charge in [0.25, 0.3) is 0 Å². The average Bonchev–Trinajstić information content (AvgIpc) is 2.15. The highest BCUT2D eigenvalue weighted by Gasteiger charge is 2.56. The van der Waals surface area contributed by atoms with E-state index in [1.807, 2.05) is 0 Å².